The Hall–Kier alpha value is -2.21. The van der Waals surface area contributed by atoms with Crippen molar-refractivity contribution in [2.24, 2.45) is 10.2 Å². The lowest BCUT2D eigenvalue weighted by Crippen LogP contribution is -1.88. The van der Waals surface area contributed by atoms with E-state index in [0.29, 0.717) is 17.7 Å². The van der Waals surface area contributed by atoms with Crippen molar-refractivity contribution in [2.75, 3.05) is 7.11 Å². The molecule has 0 spiro atoms. The van der Waals surface area contributed by atoms with Crippen molar-refractivity contribution in [1.82, 2.24) is 0 Å². The van der Waals surface area contributed by atoms with Gasteiger partial charge in [-0.2, -0.15) is 10.2 Å². The summed E-state index contributed by atoms with van der Waals surface area (Å²) in [6.07, 6.45) is 0.538. The summed E-state index contributed by atoms with van der Waals surface area (Å²) in [4.78, 5) is 10.9. The normalized spacial score (nSPS) is 10.7. The lowest BCUT2D eigenvalue weighted by atomic mass is 10.2. The maximum absolute atomic E-state index is 10.9. The number of benzene rings is 2. The van der Waals surface area contributed by atoms with Crippen LogP contribution in [0.3, 0.4) is 0 Å². The van der Waals surface area contributed by atoms with Crippen LogP contribution in [0.4, 0.5) is 11.4 Å². The molecular weight excluding hydrogens is 324 g/mol. The van der Waals surface area contributed by atoms with Gasteiger partial charge < -0.3 is 9.84 Å². The van der Waals surface area contributed by atoms with Gasteiger partial charge in [-0.15, -0.1) is 0 Å². The zero-order chi connectivity index (χ0) is 14.5. The van der Waals surface area contributed by atoms with Gasteiger partial charge in [0.25, 0.3) is 0 Å². The van der Waals surface area contributed by atoms with Crippen LogP contribution in [0.15, 0.2) is 51.1 Å². The fourth-order valence-electron chi connectivity index (χ4n) is 1.54. The molecule has 2 rings (SSSR count). The Kier molecular flexibility index (Phi) is 4.47. The highest BCUT2D eigenvalue weighted by atomic mass is 79.9. The first-order valence-electron chi connectivity index (χ1n) is 5.67. The van der Waals surface area contributed by atoms with E-state index in [1.54, 1.807) is 12.1 Å². The van der Waals surface area contributed by atoms with Gasteiger partial charge in [-0.1, -0.05) is 15.9 Å². The lowest BCUT2D eigenvalue weighted by Gasteiger charge is -2.05. The van der Waals surface area contributed by atoms with Gasteiger partial charge in [0.1, 0.15) is 0 Å². The number of ether oxygens (including phenoxy) is 1. The van der Waals surface area contributed by atoms with Crippen molar-refractivity contribution < 1.29 is 14.6 Å². The molecule has 0 aliphatic heterocycles. The highest BCUT2D eigenvalue weighted by Crippen LogP contribution is 2.34. The second-order valence-corrected chi connectivity index (χ2v) is 4.80. The van der Waals surface area contributed by atoms with Crippen molar-refractivity contribution >= 4 is 33.6 Å². The summed E-state index contributed by atoms with van der Waals surface area (Å²) < 4.78 is 5.93. The Morgan fingerprint density at radius 3 is 2.40 bits per heavy atom. The summed E-state index contributed by atoms with van der Waals surface area (Å²) in [5, 5.41) is 17.8. The van der Waals surface area contributed by atoms with Crippen LogP contribution in [-0.2, 0) is 0 Å². The number of aldehydes is 1. The molecule has 6 heteroatoms. The van der Waals surface area contributed by atoms with Gasteiger partial charge in [0.15, 0.2) is 17.8 Å². The zero-order valence-electron chi connectivity index (χ0n) is 10.6. The van der Waals surface area contributed by atoms with Crippen LogP contribution in [0.25, 0.3) is 0 Å². The van der Waals surface area contributed by atoms with Crippen molar-refractivity contribution in [1.29, 1.82) is 0 Å². The molecule has 0 aromatic heterocycles. The molecule has 0 aliphatic rings. The molecule has 102 valence electrons. The molecule has 0 saturated heterocycles. The number of halogens is 1. The van der Waals surface area contributed by atoms with E-state index >= 15 is 0 Å². The van der Waals surface area contributed by atoms with Crippen molar-refractivity contribution in [3.63, 3.8) is 0 Å². The summed E-state index contributed by atoms with van der Waals surface area (Å²) in [6.45, 7) is 0. The summed E-state index contributed by atoms with van der Waals surface area (Å²) >= 11 is 3.33. The van der Waals surface area contributed by atoms with E-state index in [-0.39, 0.29) is 17.1 Å². The van der Waals surface area contributed by atoms with Crippen LogP contribution in [0.5, 0.6) is 11.5 Å². The van der Waals surface area contributed by atoms with Gasteiger partial charge >= 0.3 is 0 Å². The fraction of sp³-hybridized carbons (Fsp3) is 0.0714. The third kappa shape index (κ3) is 3.21. The average molecular weight is 335 g/mol. The lowest BCUT2D eigenvalue weighted by molar-refractivity contribution is 0.112. The molecule has 2 aromatic carbocycles. The third-order valence-corrected chi connectivity index (χ3v) is 3.07. The van der Waals surface area contributed by atoms with Crippen LogP contribution < -0.4 is 4.74 Å². The number of hydrogen-bond acceptors (Lipinski definition) is 5. The van der Waals surface area contributed by atoms with E-state index < -0.39 is 0 Å². The Bertz CT molecular complexity index is 654. The minimum atomic E-state index is -0.204. The van der Waals surface area contributed by atoms with E-state index in [9.17, 15) is 9.90 Å². The standard InChI is InChI=1S/C14H11BrN2O3/c1-20-13-7-12(6-9(8-18)14(13)19)17-16-11-4-2-10(15)3-5-11/h2-8,19H,1H3. The molecule has 1 N–H and O–H groups in total. The largest absolute Gasteiger partial charge is 0.504 e. The number of carbonyl (C=O) groups excluding carboxylic acids is 1. The summed E-state index contributed by atoms with van der Waals surface area (Å²) in [7, 11) is 1.40. The predicted molar refractivity (Wildman–Crippen MR) is 78.4 cm³/mol. The molecule has 2 aromatic rings. The highest BCUT2D eigenvalue weighted by molar-refractivity contribution is 9.10. The third-order valence-electron chi connectivity index (χ3n) is 2.54. The smallest absolute Gasteiger partial charge is 0.168 e. The molecule has 0 fully saturated rings. The molecule has 0 amide bonds. The predicted octanol–water partition coefficient (Wildman–Crippen LogP) is 4.39. The molecule has 0 heterocycles. The summed E-state index contributed by atoms with van der Waals surface area (Å²) in [6, 6.07) is 10.2. The van der Waals surface area contributed by atoms with Crippen LogP contribution in [0, 0.1) is 0 Å². The molecule has 0 atom stereocenters. The number of aromatic hydroxyl groups is 1. The first kappa shape index (κ1) is 14.2. The van der Waals surface area contributed by atoms with Gasteiger partial charge in [0.2, 0.25) is 0 Å². The number of rotatable bonds is 4. The minimum Gasteiger partial charge on any atom is -0.504 e. The first-order chi connectivity index (χ1) is 9.63. The molecule has 0 saturated carbocycles. The number of nitrogens with zero attached hydrogens (tertiary/aromatic N) is 2. The van der Waals surface area contributed by atoms with Gasteiger partial charge in [-0.05, 0) is 30.3 Å². The first-order valence-corrected chi connectivity index (χ1v) is 6.47. The number of hydrogen-bond donors (Lipinski definition) is 1. The van der Waals surface area contributed by atoms with Crippen LogP contribution in [-0.4, -0.2) is 18.5 Å². The Balaban J connectivity index is 2.33. The van der Waals surface area contributed by atoms with Gasteiger partial charge in [0.05, 0.1) is 24.0 Å². The van der Waals surface area contributed by atoms with Gasteiger partial charge in [-0.25, -0.2) is 0 Å². The number of azo groups is 1. The maximum atomic E-state index is 10.9. The molecule has 0 aliphatic carbocycles. The molecular formula is C14H11BrN2O3. The average Bonchev–Trinajstić information content (AvgIpc) is 2.47. The summed E-state index contributed by atoms with van der Waals surface area (Å²) in [5.41, 5.74) is 1.20. The second kappa shape index (κ2) is 6.29. The molecule has 0 bridgehead atoms. The molecule has 20 heavy (non-hydrogen) atoms. The number of phenols is 1. The second-order valence-electron chi connectivity index (χ2n) is 3.88. The Morgan fingerprint density at radius 1 is 1.15 bits per heavy atom. The highest BCUT2D eigenvalue weighted by Gasteiger charge is 2.09. The Labute approximate surface area is 124 Å². The Morgan fingerprint density at radius 2 is 1.80 bits per heavy atom. The topological polar surface area (TPSA) is 71.2 Å². The monoisotopic (exact) mass is 334 g/mol. The maximum Gasteiger partial charge on any atom is 0.168 e. The quantitative estimate of drug-likeness (QED) is 0.665. The van der Waals surface area contributed by atoms with E-state index in [2.05, 4.69) is 26.2 Å². The molecule has 5 nitrogen and oxygen atoms in total. The van der Waals surface area contributed by atoms with Crippen LogP contribution in [0.2, 0.25) is 0 Å². The van der Waals surface area contributed by atoms with Crippen molar-refractivity contribution in [3.05, 3.63) is 46.4 Å². The minimum absolute atomic E-state index is 0.106. The van der Waals surface area contributed by atoms with E-state index in [0.717, 1.165) is 4.47 Å². The number of methoxy groups -OCH3 is 1. The summed E-state index contributed by atoms with van der Waals surface area (Å²) in [5.74, 6) is -0.0237. The molecule has 0 radical (unpaired) electrons. The van der Waals surface area contributed by atoms with Crippen molar-refractivity contribution in [3.8, 4) is 11.5 Å². The van der Waals surface area contributed by atoms with E-state index in [4.69, 9.17) is 4.74 Å². The van der Waals surface area contributed by atoms with Gasteiger partial charge in [0, 0.05) is 10.5 Å². The number of carbonyl (C=O) groups is 1. The van der Waals surface area contributed by atoms with E-state index in [1.165, 1.54) is 19.2 Å². The number of phenolic OH excluding ortho intramolecular Hbond substituents is 1. The zero-order valence-corrected chi connectivity index (χ0v) is 12.2. The fourth-order valence-corrected chi connectivity index (χ4v) is 1.81. The van der Waals surface area contributed by atoms with E-state index in [1.807, 2.05) is 12.1 Å². The SMILES string of the molecule is COc1cc(N=Nc2ccc(Br)cc2)cc(C=O)c1O. The van der Waals surface area contributed by atoms with Gasteiger partial charge in [-0.3, -0.25) is 4.79 Å². The van der Waals surface area contributed by atoms with Crippen LogP contribution in [0.1, 0.15) is 10.4 Å². The van der Waals surface area contributed by atoms with Crippen LogP contribution >= 0.6 is 15.9 Å². The molecule has 0 unspecified atom stereocenters. The van der Waals surface area contributed by atoms with Crippen molar-refractivity contribution in [2.45, 2.75) is 0 Å².